The molecule has 0 atom stereocenters. The number of nitrogens with one attached hydrogen (secondary N) is 1. The van der Waals surface area contributed by atoms with E-state index in [4.69, 9.17) is 11.8 Å². The molecule has 14 heavy (non-hydrogen) atoms. The molecule has 1 saturated carbocycles. The van der Waals surface area contributed by atoms with Crippen LogP contribution in [0, 0.1) is 5.41 Å². The smallest absolute Gasteiger partial charge is 0.150 e. The normalized spacial score (nSPS) is 34.4. The third-order valence-electron chi connectivity index (χ3n) is 3.24. The van der Waals surface area contributed by atoms with Crippen molar-refractivity contribution in [2.75, 3.05) is 12.8 Å². The van der Waals surface area contributed by atoms with Crippen LogP contribution in [0.4, 0.5) is 0 Å². The Balaban J connectivity index is 2.54. The van der Waals surface area contributed by atoms with Crippen LogP contribution in [0.25, 0.3) is 0 Å². The monoisotopic (exact) mass is 239 g/mol. The molecule has 0 aromatic rings. The van der Waals surface area contributed by atoms with Gasteiger partial charge in [0.2, 0.25) is 0 Å². The highest BCUT2D eigenvalue weighted by Crippen LogP contribution is 2.37. The van der Waals surface area contributed by atoms with Crippen LogP contribution in [0.15, 0.2) is 0 Å². The Hall–Kier alpha value is 0.200. The Morgan fingerprint density at radius 2 is 1.93 bits per heavy atom. The van der Waals surface area contributed by atoms with Gasteiger partial charge in [0, 0.05) is 12.8 Å². The lowest BCUT2D eigenvalue weighted by atomic mass is 9.76. The second kappa shape index (κ2) is 4.37. The van der Waals surface area contributed by atoms with E-state index >= 15 is 0 Å². The third kappa shape index (κ3) is 3.11. The fraction of sp³-hybridized carbons (Fsp3) is 1.00. The molecule has 0 heterocycles. The summed E-state index contributed by atoms with van der Waals surface area (Å²) < 4.78 is 22.6. The zero-order valence-electron chi connectivity index (χ0n) is 8.72. The van der Waals surface area contributed by atoms with Crippen molar-refractivity contribution in [1.82, 2.24) is 4.84 Å². The first-order valence-corrected chi connectivity index (χ1v) is 7.23. The molecule has 0 aromatic heterocycles. The standard InChI is InChI=1S/C9H18ClNO2S/c1-9(7-11-10)5-3-8(4-6-9)14(2,12)13/h8,11H,3-7H2,1-2H3. The molecule has 0 saturated heterocycles. The van der Waals surface area contributed by atoms with Gasteiger partial charge in [0.1, 0.15) is 9.84 Å². The lowest BCUT2D eigenvalue weighted by Crippen LogP contribution is -2.36. The summed E-state index contributed by atoms with van der Waals surface area (Å²) in [5.74, 6) is 0. The maximum atomic E-state index is 11.3. The Morgan fingerprint density at radius 1 is 1.43 bits per heavy atom. The van der Waals surface area contributed by atoms with Crippen molar-refractivity contribution >= 4 is 21.6 Å². The van der Waals surface area contributed by atoms with Gasteiger partial charge in [0.05, 0.1) is 5.25 Å². The summed E-state index contributed by atoms with van der Waals surface area (Å²) in [6.07, 6.45) is 4.75. The summed E-state index contributed by atoms with van der Waals surface area (Å²) in [5, 5.41) is -0.133. The SMILES string of the molecule is CC1(CNCl)CCC(S(C)(=O)=O)CC1. The molecule has 0 amide bonds. The molecule has 1 rings (SSSR count). The van der Waals surface area contributed by atoms with Crippen LogP contribution in [0.3, 0.4) is 0 Å². The second-order valence-electron chi connectivity index (χ2n) is 4.65. The van der Waals surface area contributed by atoms with E-state index < -0.39 is 9.84 Å². The highest BCUT2D eigenvalue weighted by molar-refractivity contribution is 7.91. The van der Waals surface area contributed by atoms with Crippen LogP contribution in [0.2, 0.25) is 0 Å². The summed E-state index contributed by atoms with van der Waals surface area (Å²) in [6, 6.07) is 0. The van der Waals surface area contributed by atoms with E-state index in [9.17, 15) is 8.42 Å². The van der Waals surface area contributed by atoms with Crippen molar-refractivity contribution in [2.45, 2.75) is 37.9 Å². The van der Waals surface area contributed by atoms with Gasteiger partial charge in [-0.1, -0.05) is 6.92 Å². The first-order chi connectivity index (χ1) is 6.37. The Labute approximate surface area is 91.2 Å². The van der Waals surface area contributed by atoms with Gasteiger partial charge in [-0.05, 0) is 42.9 Å². The average Bonchev–Trinajstić information content (AvgIpc) is 2.03. The van der Waals surface area contributed by atoms with Crippen LogP contribution in [-0.2, 0) is 9.84 Å². The number of rotatable bonds is 3. The largest absolute Gasteiger partial charge is 0.233 e. The predicted molar refractivity (Wildman–Crippen MR) is 59.1 cm³/mol. The van der Waals surface area contributed by atoms with E-state index in [1.54, 1.807) is 0 Å². The fourth-order valence-electron chi connectivity index (χ4n) is 2.05. The molecule has 1 aliphatic carbocycles. The Bertz CT molecular complexity index is 281. The van der Waals surface area contributed by atoms with E-state index in [0.717, 1.165) is 32.2 Å². The predicted octanol–water partition coefficient (Wildman–Crippen LogP) is 1.72. The van der Waals surface area contributed by atoms with Crippen molar-refractivity contribution in [3.63, 3.8) is 0 Å². The van der Waals surface area contributed by atoms with Crippen molar-refractivity contribution in [2.24, 2.45) is 5.41 Å². The number of hydrogen-bond acceptors (Lipinski definition) is 3. The lowest BCUT2D eigenvalue weighted by Gasteiger charge is -2.36. The molecule has 0 radical (unpaired) electrons. The van der Waals surface area contributed by atoms with Crippen LogP contribution in [0.5, 0.6) is 0 Å². The lowest BCUT2D eigenvalue weighted by molar-refractivity contribution is 0.221. The molecule has 0 aromatic carbocycles. The minimum absolute atomic E-state index is 0.133. The number of hydrogen-bond donors (Lipinski definition) is 1. The Morgan fingerprint density at radius 3 is 2.29 bits per heavy atom. The molecule has 0 bridgehead atoms. The molecule has 1 fully saturated rings. The van der Waals surface area contributed by atoms with Crippen LogP contribution >= 0.6 is 11.8 Å². The molecule has 0 aliphatic heterocycles. The molecule has 0 spiro atoms. The van der Waals surface area contributed by atoms with Crippen LogP contribution < -0.4 is 4.84 Å². The van der Waals surface area contributed by atoms with Gasteiger partial charge >= 0.3 is 0 Å². The second-order valence-corrected chi connectivity index (χ2v) is 7.24. The van der Waals surface area contributed by atoms with Gasteiger partial charge in [-0.15, -0.1) is 0 Å². The van der Waals surface area contributed by atoms with E-state index in [1.807, 2.05) is 0 Å². The number of halogens is 1. The maximum Gasteiger partial charge on any atom is 0.150 e. The topological polar surface area (TPSA) is 46.2 Å². The zero-order chi connectivity index (χ0) is 10.8. The van der Waals surface area contributed by atoms with E-state index in [2.05, 4.69) is 11.8 Å². The zero-order valence-corrected chi connectivity index (χ0v) is 10.3. The minimum Gasteiger partial charge on any atom is -0.233 e. The molecular formula is C9H18ClNO2S. The quantitative estimate of drug-likeness (QED) is 0.763. The molecule has 1 N–H and O–H groups in total. The highest BCUT2D eigenvalue weighted by atomic mass is 35.5. The van der Waals surface area contributed by atoms with Gasteiger partial charge in [-0.2, -0.15) is 0 Å². The van der Waals surface area contributed by atoms with Crippen LogP contribution in [0.1, 0.15) is 32.6 Å². The molecule has 84 valence electrons. The van der Waals surface area contributed by atoms with Crippen molar-refractivity contribution in [1.29, 1.82) is 0 Å². The molecule has 1 aliphatic rings. The molecule has 0 unspecified atom stereocenters. The summed E-state index contributed by atoms with van der Waals surface area (Å²) in [6.45, 7) is 2.91. The summed E-state index contributed by atoms with van der Waals surface area (Å²) in [5.41, 5.74) is 0.170. The first kappa shape index (κ1) is 12.3. The molecule has 5 heteroatoms. The van der Waals surface area contributed by atoms with Gasteiger partial charge in [0.15, 0.2) is 0 Å². The number of sulfone groups is 1. The van der Waals surface area contributed by atoms with Crippen molar-refractivity contribution in [3.8, 4) is 0 Å². The summed E-state index contributed by atoms with van der Waals surface area (Å²) >= 11 is 5.48. The van der Waals surface area contributed by atoms with Crippen molar-refractivity contribution < 1.29 is 8.42 Å². The summed E-state index contributed by atoms with van der Waals surface area (Å²) in [7, 11) is -2.84. The molecule has 3 nitrogen and oxygen atoms in total. The third-order valence-corrected chi connectivity index (χ3v) is 5.05. The Kier molecular flexibility index (Phi) is 3.83. The van der Waals surface area contributed by atoms with Gasteiger partial charge in [-0.25, -0.2) is 13.3 Å². The van der Waals surface area contributed by atoms with E-state index in [0.29, 0.717) is 0 Å². The first-order valence-electron chi connectivity index (χ1n) is 4.90. The van der Waals surface area contributed by atoms with Gasteiger partial charge in [0.25, 0.3) is 0 Å². The summed E-state index contributed by atoms with van der Waals surface area (Å²) in [4.78, 5) is 2.65. The van der Waals surface area contributed by atoms with Gasteiger partial charge < -0.3 is 0 Å². The van der Waals surface area contributed by atoms with E-state index in [-0.39, 0.29) is 10.7 Å². The van der Waals surface area contributed by atoms with Crippen molar-refractivity contribution in [3.05, 3.63) is 0 Å². The van der Waals surface area contributed by atoms with Gasteiger partial charge in [-0.3, -0.25) is 0 Å². The minimum atomic E-state index is -2.84. The van der Waals surface area contributed by atoms with Crippen LogP contribution in [-0.4, -0.2) is 26.5 Å². The maximum absolute atomic E-state index is 11.3. The van der Waals surface area contributed by atoms with E-state index in [1.165, 1.54) is 6.26 Å². The fourth-order valence-corrected chi connectivity index (χ4v) is 3.47. The molecular weight excluding hydrogens is 222 g/mol. The highest BCUT2D eigenvalue weighted by Gasteiger charge is 2.34. The average molecular weight is 240 g/mol.